The van der Waals surface area contributed by atoms with Gasteiger partial charge in [0.05, 0.1) is 12.6 Å². The van der Waals surface area contributed by atoms with E-state index in [9.17, 15) is 9.90 Å². The lowest BCUT2D eigenvalue weighted by molar-refractivity contribution is 0.166. The molecule has 7 heteroatoms. The standard InChI is InChI=1S/C15H19N3O3S/c1-2-22-15-17-12-6-5-10(8-13(12)21-15)16-14(20)18-7-3-4-11(18)9-19/h5-6,8,11,19H,2-4,7,9H2,1H3,(H,16,20)/t11-/m1/s1. The molecule has 6 nitrogen and oxygen atoms in total. The van der Waals surface area contributed by atoms with E-state index in [0.29, 0.717) is 23.0 Å². The summed E-state index contributed by atoms with van der Waals surface area (Å²) in [5.74, 6) is 0.897. The molecule has 0 radical (unpaired) electrons. The molecule has 1 fully saturated rings. The molecule has 0 bridgehead atoms. The summed E-state index contributed by atoms with van der Waals surface area (Å²) < 4.78 is 5.65. The fraction of sp³-hybridized carbons (Fsp3) is 0.467. The summed E-state index contributed by atoms with van der Waals surface area (Å²) in [7, 11) is 0. The number of nitrogens with one attached hydrogen (secondary N) is 1. The maximum Gasteiger partial charge on any atom is 0.322 e. The van der Waals surface area contributed by atoms with Crippen molar-refractivity contribution in [1.82, 2.24) is 9.88 Å². The van der Waals surface area contributed by atoms with Crippen molar-refractivity contribution in [2.45, 2.75) is 31.0 Å². The maximum atomic E-state index is 12.3. The van der Waals surface area contributed by atoms with Gasteiger partial charge in [0.1, 0.15) is 5.52 Å². The lowest BCUT2D eigenvalue weighted by Crippen LogP contribution is -2.40. The number of hydrogen-bond acceptors (Lipinski definition) is 5. The Labute approximate surface area is 132 Å². The molecule has 0 aliphatic carbocycles. The average Bonchev–Trinajstić information content (AvgIpc) is 3.12. The van der Waals surface area contributed by atoms with Gasteiger partial charge >= 0.3 is 6.03 Å². The van der Waals surface area contributed by atoms with Crippen LogP contribution >= 0.6 is 11.8 Å². The number of oxazole rings is 1. The van der Waals surface area contributed by atoms with Crippen molar-refractivity contribution in [1.29, 1.82) is 0 Å². The van der Waals surface area contributed by atoms with Crippen molar-refractivity contribution >= 4 is 34.6 Å². The molecule has 2 heterocycles. The van der Waals surface area contributed by atoms with E-state index in [-0.39, 0.29) is 18.7 Å². The van der Waals surface area contributed by atoms with Crippen molar-refractivity contribution < 1.29 is 14.3 Å². The first kappa shape index (κ1) is 15.2. The number of hydrogen-bond donors (Lipinski definition) is 2. The number of aliphatic hydroxyl groups is 1. The second-order valence-electron chi connectivity index (χ2n) is 5.20. The summed E-state index contributed by atoms with van der Waals surface area (Å²) in [5.41, 5.74) is 2.11. The van der Waals surface area contributed by atoms with E-state index in [2.05, 4.69) is 10.3 Å². The Bertz CT molecular complexity index is 673. The molecular formula is C15H19N3O3S. The molecule has 0 saturated carbocycles. The number of carbonyl (C=O) groups is 1. The zero-order valence-electron chi connectivity index (χ0n) is 12.4. The van der Waals surface area contributed by atoms with Gasteiger partial charge in [-0.2, -0.15) is 0 Å². The largest absolute Gasteiger partial charge is 0.431 e. The second kappa shape index (κ2) is 6.58. The summed E-state index contributed by atoms with van der Waals surface area (Å²) in [4.78, 5) is 18.3. The Morgan fingerprint density at radius 3 is 3.23 bits per heavy atom. The Kier molecular flexibility index (Phi) is 4.54. The number of thioether (sulfide) groups is 1. The molecule has 1 saturated heterocycles. The van der Waals surface area contributed by atoms with Crippen LogP contribution in [-0.2, 0) is 0 Å². The van der Waals surface area contributed by atoms with Crippen molar-refractivity contribution in [2.24, 2.45) is 0 Å². The number of urea groups is 1. The molecule has 0 unspecified atom stereocenters. The van der Waals surface area contributed by atoms with Crippen LogP contribution in [0.2, 0.25) is 0 Å². The van der Waals surface area contributed by atoms with Crippen LogP contribution in [0, 0.1) is 0 Å². The van der Waals surface area contributed by atoms with Gasteiger partial charge < -0.3 is 19.7 Å². The molecule has 1 atom stereocenters. The molecule has 1 aliphatic heterocycles. The zero-order chi connectivity index (χ0) is 15.5. The molecule has 22 heavy (non-hydrogen) atoms. The fourth-order valence-corrected chi connectivity index (χ4v) is 3.21. The van der Waals surface area contributed by atoms with Crippen LogP contribution in [0.4, 0.5) is 10.5 Å². The number of aliphatic hydroxyl groups excluding tert-OH is 1. The van der Waals surface area contributed by atoms with E-state index < -0.39 is 0 Å². The van der Waals surface area contributed by atoms with Gasteiger partial charge in [-0.3, -0.25) is 0 Å². The maximum absolute atomic E-state index is 12.3. The third-order valence-corrected chi connectivity index (χ3v) is 4.45. The number of aromatic nitrogens is 1. The van der Waals surface area contributed by atoms with Crippen LogP contribution in [0.3, 0.4) is 0 Å². The number of carbonyl (C=O) groups excluding carboxylic acids is 1. The topological polar surface area (TPSA) is 78.6 Å². The minimum absolute atomic E-state index is 0.00611. The van der Waals surface area contributed by atoms with Gasteiger partial charge in [-0.15, -0.1) is 0 Å². The minimum atomic E-state index is -0.182. The summed E-state index contributed by atoms with van der Waals surface area (Å²) in [5, 5.41) is 12.8. The lowest BCUT2D eigenvalue weighted by Gasteiger charge is -2.23. The van der Waals surface area contributed by atoms with E-state index >= 15 is 0 Å². The molecule has 1 aromatic heterocycles. The van der Waals surface area contributed by atoms with Gasteiger partial charge in [-0.25, -0.2) is 9.78 Å². The third-order valence-electron chi connectivity index (χ3n) is 3.74. The predicted molar refractivity (Wildman–Crippen MR) is 86.2 cm³/mol. The first-order valence-corrected chi connectivity index (χ1v) is 8.41. The van der Waals surface area contributed by atoms with E-state index in [0.717, 1.165) is 24.1 Å². The van der Waals surface area contributed by atoms with E-state index in [1.54, 1.807) is 22.7 Å². The highest BCUT2D eigenvalue weighted by Gasteiger charge is 2.28. The predicted octanol–water partition coefficient (Wildman–Crippen LogP) is 2.93. The third kappa shape index (κ3) is 3.05. The SMILES string of the molecule is CCSc1nc2ccc(NC(=O)N3CCC[C@@H]3CO)cc2o1. The second-order valence-corrected chi connectivity index (χ2v) is 6.41. The van der Waals surface area contributed by atoms with Gasteiger partial charge in [0.2, 0.25) is 0 Å². The normalized spacial score (nSPS) is 18.1. The fourth-order valence-electron chi connectivity index (χ4n) is 2.65. The van der Waals surface area contributed by atoms with Gasteiger partial charge in [-0.05, 0) is 30.7 Å². The first-order chi connectivity index (χ1) is 10.7. The Morgan fingerprint density at radius 2 is 2.45 bits per heavy atom. The Hall–Kier alpha value is -1.73. The van der Waals surface area contributed by atoms with Gasteiger partial charge in [0.15, 0.2) is 5.58 Å². The smallest absolute Gasteiger partial charge is 0.322 e. The molecule has 2 N–H and O–H groups in total. The summed E-state index contributed by atoms with van der Waals surface area (Å²) in [6, 6.07) is 5.17. The van der Waals surface area contributed by atoms with E-state index in [1.165, 1.54) is 0 Å². The summed E-state index contributed by atoms with van der Waals surface area (Å²) >= 11 is 1.54. The number of rotatable bonds is 4. The molecule has 2 aromatic rings. The van der Waals surface area contributed by atoms with Crippen molar-refractivity contribution in [3.63, 3.8) is 0 Å². The van der Waals surface area contributed by atoms with Crippen LogP contribution in [0.15, 0.2) is 27.8 Å². The molecule has 118 valence electrons. The van der Waals surface area contributed by atoms with E-state index in [1.807, 2.05) is 19.1 Å². The van der Waals surface area contributed by atoms with Gasteiger partial charge in [0, 0.05) is 18.3 Å². The molecular weight excluding hydrogens is 302 g/mol. The number of amides is 2. The number of nitrogens with zero attached hydrogens (tertiary/aromatic N) is 2. The molecule has 1 aromatic carbocycles. The van der Waals surface area contributed by atoms with E-state index in [4.69, 9.17) is 4.42 Å². The highest BCUT2D eigenvalue weighted by molar-refractivity contribution is 7.99. The summed E-state index contributed by atoms with van der Waals surface area (Å²) in [6.07, 6.45) is 1.78. The lowest BCUT2D eigenvalue weighted by atomic mass is 10.2. The number of anilines is 1. The highest BCUT2D eigenvalue weighted by atomic mass is 32.2. The number of benzene rings is 1. The Balaban J connectivity index is 1.74. The van der Waals surface area contributed by atoms with Crippen molar-refractivity contribution in [2.75, 3.05) is 24.2 Å². The van der Waals surface area contributed by atoms with Gasteiger partial charge in [0.25, 0.3) is 5.22 Å². The summed E-state index contributed by atoms with van der Waals surface area (Å²) in [6.45, 7) is 2.73. The number of likely N-dealkylation sites (tertiary alicyclic amines) is 1. The molecule has 0 spiro atoms. The average molecular weight is 321 g/mol. The number of fused-ring (bicyclic) bond motifs is 1. The zero-order valence-corrected chi connectivity index (χ0v) is 13.2. The molecule has 1 aliphatic rings. The van der Waals surface area contributed by atoms with Crippen LogP contribution < -0.4 is 5.32 Å². The molecule has 3 rings (SSSR count). The van der Waals surface area contributed by atoms with Crippen molar-refractivity contribution in [3.8, 4) is 0 Å². The van der Waals surface area contributed by atoms with Gasteiger partial charge in [-0.1, -0.05) is 18.7 Å². The van der Waals surface area contributed by atoms with Crippen LogP contribution in [-0.4, -0.2) is 46.0 Å². The highest BCUT2D eigenvalue weighted by Crippen LogP contribution is 2.26. The van der Waals surface area contributed by atoms with Crippen LogP contribution in [0.25, 0.3) is 11.1 Å². The van der Waals surface area contributed by atoms with Crippen LogP contribution in [0.5, 0.6) is 0 Å². The monoisotopic (exact) mass is 321 g/mol. The minimum Gasteiger partial charge on any atom is -0.431 e. The quantitative estimate of drug-likeness (QED) is 0.847. The first-order valence-electron chi connectivity index (χ1n) is 7.43. The Morgan fingerprint density at radius 1 is 1.59 bits per heavy atom. The van der Waals surface area contributed by atoms with Crippen LogP contribution in [0.1, 0.15) is 19.8 Å². The molecule has 2 amide bonds. The van der Waals surface area contributed by atoms with Crippen molar-refractivity contribution in [3.05, 3.63) is 18.2 Å².